The number of hydrogen-bond acceptors (Lipinski definition) is 5. The number of likely N-dealkylation sites (N-methyl/N-ethyl adjacent to an activating group) is 1. The highest BCUT2D eigenvalue weighted by Gasteiger charge is 2.10. The predicted molar refractivity (Wildman–Crippen MR) is 101 cm³/mol. The normalized spacial score (nSPS) is 14.4. The topological polar surface area (TPSA) is 93.1 Å². The van der Waals surface area contributed by atoms with Gasteiger partial charge in [-0.05, 0) is 31.5 Å². The number of carboxylic acids is 2. The maximum absolute atomic E-state index is 9.55. The molecule has 1 aliphatic heterocycles. The van der Waals surface area contributed by atoms with Gasteiger partial charge in [0, 0.05) is 49.9 Å². The Labute approximate surface area is 158 Å². The zero-order valence-corrected chi connectivity index (χ0v) is 15.7. The first-order valence-corrected chi connectivity index (χ1v) is 8.80. The highest BCUT2D eigenvalue weighted by molar-refractivity contribution is 6.31. The monoisotopic (exact) mass is 383 g/mol. The van der Waals surface area contributed by atoms with E-state index in [9.17, 15) is 9.59 Å². The quantitative estimate of drug-likeness (QED) is 0.592. The van der Waals surface area contributed by atoms with Crippen molar-refractivity contribution in [2.45, 2.75) is 19.4 Å². The summed E-state index contributed by atoms with van der Waals surface area (Å²) in [5, 5.41) is 18.8. The Kier molecular flexibility index (Phi) is 10.6. The van der Waals surface area contributed by atoms with E-state index in [4.69, 9.17) is 21.8 Å². The minimum Gasteiger partial charge on any atom is -0.478 e. The number of hydrogen-bond donors (Lipinski definition) is 3. The maximum Gasteiger partial charge on any atom is 0.328 e. The average molecular weight is 384 g/mol. The second kappa shape index (κ2) is 12.4. The Balaban J connectivity index is 0.000000359. The van der Waals surface area contributed by atoms with Crippen molar-refractivity contribution in [3.05, 3.63) is 47.0 Å². The minimum atomic E-state index is -1.26. The lowest BCUT2D eigenvalue weighted by Crippen LogP contribution is -2.39. The Morgan fingerprint density at radius 2 is 1.77 bits per heavy atom. The van der Waals surface area contributed by atoms with Crippen LogP contribution in [0.1, 0.15) is 18.4 Å². The molecule has 0 bridgehead atoms. The van der Waals surface area contributed by atoms with Crippen LogP contribution in [0.4, 0.5) is 0 Å². The molecule has 1 saturated heterocycles. The van der Waals surface area contributed by atoms with Crippen LogP contribution in [0.15, 0.2) is 36.4 Å². The largest absolute Gasteiger partial charge is 0.478 e. The third kappa shape index (κ3) is 10.1. The zero-order valence-electron chi connectivity index (χ0n) is 14.9. The molecule has 0 amide bonds. The summed E-state index contributed by atoms with van der Waals surface area (Å²) in [4.78, 5) is 21.4. The molecule has 0 atom stereocenters. The van der Waals surface area contributed by atoms with Gasteiger partial charge in [-0.15, -0.1) is 0 Å². The number of benzene rings is 1. The lowest BCUT2D eigenvalue weighted by molar-refractivity contribution is -0.134. The first-order chi connectivity index (χ1) is 12.4. The Morgan fingerprint density at radius 1 is 1.19 bits per heavy atom. The van der Waals surface area contributed by atoms with Gasteiger partial charge in [0.15, 0.2) is 0 Å². The van der Waals surface area contributed by atoms with Crippen molar-refractivity contribution in [2.24, 2.45) is 0 Å². The van der Waals surface area contributed by atoms with E-state index in [1.165, 1.54) is 31.5 Å². The summed E-state index contributed by atoms with van der Waals surface area (Å²) in [5.74, 6) is -2.51. The van der Waals surface area contributed by atoms with Gasteiger partial charge in [-0.2, -0.15) is 0 Å². The van der Waals surface area contributed by atoms with Gasteiger partial charge in [-0.1, -0.05) is 29.8 Å². The molecular formula is C18H26ClN3O4. The number of rotatable bonds is 8. The van der Waals surface area contributed by atoms with Crippen LogP contribution in [0, 0.1) is 0 Å². The Hall–Kier alpha value is -1.93. The first-order valence-electron chi connectivity index (χ1n) is 8.43. The summed E-state index contributed by atoms with van der Waals surface area (Å²) in [6.07, 6.45) is 3.76. The second-order valence-corrected chi connectivity index (χ2v) is 6.35. The van der Waals surface area contributed by atoms with Crippen molar-refractivity contribution < 1.29 is 19.8 Å². The third-order valence-corrected chi connectivity index (χ3v) is 4.07. The summed E-state index contributed by atoms with van der Waals surface area (Å²) in [6.45, 7) is 5.31. The number of hydrazine groups is 1. The molecule has 1 aliphatic rings. The van der Waals surface area contributed by atoms with Crippen LogP contribution in [0.25, 0.3) is 0 Å². The van der Waals surface area contributed by atoms with Gasteiger partial charge >= 0.3 is 11.9 Å². The summed E-state index contributed by atoms with van der Waals surface area (Å²) in [7, 11) is 2.13. The molecule has 3 N–H and O–H groups in total. The van der Waals surface area contributed by atoms with Crippen LogP contribution in [0.2, 0.25) is 5.02 Å². The Morgan fingerprint density at radius 3 is 2.31 bits per heavy atom. The van der Waals surface area contributed by atoms with Gasteiger partial charge in [0.25, 0.3) is 0 Å². The van der Waals surface area contributed by atoms with Crippen LogP contribution in [-0.2, 0) is 16.1 Å². The molecule has 2 rings (SSSR count). The smallest absolute Gasteiger partial charge is 0.328 e. The first kappa shape index (κ1) is 22.1. The van der Waals surface area contributed by atoms with Crippen LogP contribution < -0.4 is 5.43 Å². The molecule has 144 valence electrons. The minimum absolute atomic E-state index is 0.558. The molecule has 0 aromatic heterocycles. The zero-order chi connectivity index (χ0) is 19.4. The third-order valence-electron chi connectivity index (χ3n) is 3.70. The molecule has 0 unspecified atom stereocenters. The van der Waals surface area contributed by atoms with E-state index in [1.807, 2.05) is 18.2 Å². The standard InChI is InChI=1S/C14H22ClN3.C4H4O4/c1-17(11-8-16-18-9-4-5-10-18)12-13-6-2-3-7-14(13)15;5-3(6)1-2-4(7)8/h2-3,6-7,16H,4-5,8-12H2,1H3;1-2H,(H,5,6)(H,7,8)/b;2-1-. The molecule has 7 nitrogen and oxygen atoms in total. The van der Waals surface area contributed by atoms with Gasteiger partial charge in [0.05, 0.1) is 0 Å². The molecule has 8 heteroatoms. The lowest BCUT2D eigenvalue weighted by Gasteiger charge is -2.21. The number of halogens is 1. The van der Waals surface area contributed by atoms with Crippen LogP contribution in [0.3, 0.4) is 0 Å². The van der Waals surface area contributed by atoms with Gasteiger partial charge < -0.3 is 15.1 Å². The molecule has 1 aromatic carbocycles. The number of aliphatic carboxylic acids is 2. The van der Waals surface area contributed by atoms with E-state index < -0.39 is 11.9 Å². The molecule has 0 spiro atoms. The fourth-order valence-corrected chi connectivity index (χ4v) is 2.61. The van der Waals surface area contributed by atoms with Crippen molar-refractivity contribution in [2.75, 3.05) is 33.2 Å². The molecule has 1 heterocycles. The Bertz CT molecular complexity index is 588. The number of carboxylic acid groups (broad SMARTS) is 2. The van der Waals surface area contributed by atoms with Crippen molar-refractivity contribution >= 4 is 23.5 Å². The molecule has 1 fully saturated rings. The van der Waals surface area contributed by atoms with Crippen LogP contribution in [-0.4, -0.2) is 65.3 Å². The second-order valence-electron chi connectivity index (χ2n) is 5.94. The van der Waals surface area contributed by atoms with E-state index in [-0.39, 0.29) is 0 Å². The average Bonchev–Trinajstić information content (AvgIpc) is 3.09. The summed E-state index contributed by atoms with van der Waals surface area (Å²) >= 11 is 6.16. The molecule has 1 aromatic rings. The van der Waals surface area contributed by atoms with Gasteiger partial charge in [-0.25, -0.2) is 14.6 Å². The van der Waals surface area contributed by atoms with Crippen LogP contribution >= 0.6 is 11.6 Å². The molecule has 0 aliphatic carbocycles. The van der Waals surface area contributed by atoms with Crippen molar-refractivity contribution in [1.29, 1.82) is 0 Å². The van der Waals surface area contributed by atoms with Gasteiger partial charge in [0.2, 0.25) is 0 Å². The SMILES string of the molecule is CN(CCNN1CCCC1)Cc1ccccc1Cl.O=C(O)/C=C\C(=O)O. The van der Waals surface area contributed by atoms with E-state index in [0.717, 1.165) is 24.7 Å². The van der Waals surface area contributed by atoms with E-state index >= 15 is 0 Å². The van der Waals surface area contributed by atoms with Crippen molar-refractivity contribution in [3.63, 3.8) is 0 Å². The highest BCUT2D eigenvalue weighted by atomic mass is 35.5. The summed E-state index contributed by atoms with van der Waals surface area (Å²) in [6, 6.07) is 8.05. The van der Waals surface area contributed by atoms with E-state index in [1.54, 1.807) is 0 Å². The highest BCUT2D eigenvalue weighted by Crippen LogP contribution is 2.16. The van der Waals surface area contributed by atoms with Gasteiger partial charge in [-0.3, -0.25) is 5.43 Å². The fourth-order valence-electron chi connectivity index (χ4n) is 2.41. The molecule has 0 saturated carbocycles. The van der Waals surface area contributed by atoms with Crippen LogP contribution in [0.5, 0.6) is 0 Å². The van der Waals surface area contributed by atoms with Crippen molar-refractivity contribution in [3.8, 4) is 0 Å². The number of nitrogens with zero attached hydrogens (tertiary/aromatic N) is 2. The van der Waals surface area contributed by atoms with E-state index in [0.29, 0.717) is 12.2 Å². The predicted octanol–water partition coefficient (Wildman–Crippen LogP) is 2.08. The number of nitrogens with one attached hydrogen (secondary N) is 1. The molecule has 26 heavy (non-hydrogen) atoms. The van der Waals surface area contributed by atoms with E-state index in [2.05, 4.69) is 28.4 Å². The van der Waals surface area contributed by atoms with Crippen molar-refractivity contribution in [1.82, 2.24) is 15.3 Å². The fraction of sp³-hybridized carbons (Fsp3) is 0.444. The number of carbonyl (C=O) groups is 2. The summed E-state index contributed by atoms with van der Waals surface area (Å²) in [5.41, 5.74) is 4.67. The maximum atomic E-state index is 9.55. The van der Waals surface area contributed by atoms with Gasteiger partial charge in [0.1, 0.15) is 0 Å². The summed E-state index contributed by atoms with van der Waals surface area (Å²) < 4.78 is 0. The molecule has 0 radical (unpaired) electrons. The molecular weight excluding hydrogens is 358 g/mol. The lowest BCUT2D eigenvalue weighted by atomic mass is 10.2.